The first-order valence-electron chi connectivity index (χ1n) is 7.61. The van der Waals surface area contributed by atoms with Crippen molar-refractivity contribution in [3.8, 4) is 5.75 Å². The molecule has 23 heavy (non-hydrogen) atoms. The highest BCUT2D eigenvalue weighted by Crippen LogP contribution is 2.41. The number of hydrogen-bond acceptors (Lipinski definition) is 3. The first-order valence-corrected chi connectivity index (χ1v) is 8.40. The van der Waals surface area contributed by atoms with E-state index in [1.54, 1.807) is 0 Å². The van der Waals surface area contributed by atoms with Crippen LogP contribution >= 0.6 is 15.9 Å². The molecule has 0 bridgehead atoms. The molecule has 1 saturated carbocycles. The molecule has 0 saturated heterocycles. The van der Waals surface area contributed by atoms with Crippen molar-refractivity contribution < 1.29 is 9.53 Å². The minimum atomic E-state index is -0.313. The third-order valence-electron chi connectivity index (χ3n) is 3.93. The number of carbonyl (C=O) groups excluding carboxylic acids is 1. The summed E-state index contributed by atoms with van der Waals surface area (Å²) in [6.45, 7) is 0.792. The second-order valence-corrected chi connectivity index (χ2v) is 6.70. The van der Waals surface area contributed by atoms with Crippen LogP contribution in [0.1, 0.15) is 23.5 Å². The molecule has 2 aromatic carbocycles. The van der Waals surface area contributed by atoms with E-state index in [4.69, 9.17) is 10.5 Å². The van der Waals surface area contributed by atoms with Crippen LogP contribution in [-0.4, -0.2) is 18.5 Å². The molecule has 5 heteroatoms. The third kappa shape index (κ3) is 4.56. The second kappa shape index (κ2) is 7.15. The quantitative estimate of drug-likeness (QED) is 0.782. The van der Waals surface area contributed by atoms with Crippen LogP contribution in [-0.2, 0) is 11.4 Å². The van der Waals surface area contributed by atoms with Gasteiger partial charge in [0.15, 0.2) is 0 Å². The minimum Gasteiger partial charge on any atom is -0.489 e. The molecule has 1 aliphatic rings. The molecule has 0 heterocycles. The van der Waals surface area contributed by atoms with Crippen molar-refractivity contribution in [3.63, 3.8) is 0 Å². The highest BCUT2D eigenvalue weighted by molar-refractivity contribution is 9.10. The Kier molecular flexibility index (Phi) is 4.98. The summed E-state index contributed by atoms with van der Waals surface area (Å²) in [6.07, 6.45) is 1.05. The van der Waals surface area contributed by atoms with Gasteiger partial charge in [-0.2, -0.15) is 0 Å². The van der Waals surface area contributed by atoms with Gasteiger partial charge in [-0.1, -0.05) is 40.2 Å². The molecule has 0 aliphatic heterocycles. The molecule has 2 unspecified atom stereocenters. The minimum absolute atomic E-state index is 0.245. The number of primary amides is 1. The van der Waals surface area contributed by atoms with E-state index in [1.165, 1.54) is 5.56 Å². The summed E-state index contributed by atoms with van der Waals surface area (Å²) in [4.78, 5) is 10.8. The van der Waals surface area contributed by atoms with E-state index in [0.29, 0.717) is 18.6 Å². The molecular formula is C18H19BrN2O2. The molecule has 4 nitrogen and oxygen atoms in total. The summed E-state index contributed by atoms with van der Waals surface area (Å²) in [5.74, 6) is 1.01. The SMILES string of the molecule is NC(=O)CNC1CC1c1ccc(OCc2cccc(Br)c2)cc1. The average Bonchev–Trinajstić information content (AvgIpc) is 3.31. The van der Waals surface area contributed by atoms with Crippen molar-refractivity contribution in [2.24, 2.45) is 5.73 Å². The van der Waals surface area contributed by atoms with Crippen LogP contribution in [0, 0.1) is 0 Å². The van der Waals surface area contributed by atoms with Crippen LogP contribution in [0.4, 0.5) is 0 Å². The fourth-order valence-corrected chi connectivity index (χ4v) is 3.07. The Balaban J connectivity index is 1.51. The van der Waals surface area contributed by atoms with Crippen LogP contribution in [0.25, 0.3) is 0 Å². The van der Waals surface area contributed by atoms with Crippen LogP contribution in [0.5, 0.6) is 5.75 Å². The Morgan fingerprint density at radius 2 is 2.04 bits per heavy atom. The molecule has 1 fully saturated rings. The van der Waals surface area contributed by atoms with E-state index in [1.807, 2.05) is 36.4 Å². The molecule has 0 aromatic heterocycles. The first kappa shape index (κ1) is 16.0. The fourth-order valence-electron chi connectivity index (χ4n) is 2.63. The maximum absolute atomic E-state index is 10.8. The number of carbonyl (C=O) groups is 1. The maximum Gasteiger partial charge on any atom is 0.231 e. The van der Waals surface area contributed by atoms with Crippen molar-refractivity contribution in [1.82, 2.24) is 5.32 Å². The third-order valence-corrected chi connectivity index (χ3v) is 4.42. The number of amides is 1. The monoisotopic (exact) mass is 374 g/mol. The van der Waals surface area contributed by atoms with Crippen LogP contribution < -0.4 is 15.8 Å². The Morgan fingerprint density at radius 3 is 2.74 bits per heavy atom. The summed E-state index contributed by atoms with van der Waals surface area (Å²) >= 11 is 3.46. The number of benzene rings is 2. The second-order valence-electron chi connectivity index (χ2n) is 5.78. The fraction of sp³-hybridized carbons (Fsp3) is 0.278. The van der Waals surface area contributed by atoms with E-state index < -0.39 is 0 Å². The largest absolute Gasteiger partial charge is 0.489 e. The topological polar surface area (TPSA) is 64.4 Å². The Labute approximate surface area is 144 Å². The Bertz CT molecular complexity index is 688. The number of nitrogens with two attached hydrogens (primary N) is 1. The van der Waals surface area contributed by atoms with Crippen LogP contribution in [0.15, 0.2) is 53.0 Å². The number of ether oxygens (including phenoxy) is 1. The summed E-state index contributed by atoms with van der Waals surface area (Å²) in [5, 5.41) is 3.16. The average molecular weight is 375 g/mol. The van der Waals surface area contributed by atoms with Crippen molar-refractivity contribution in [3.05, 3.63) is 64.1 Å². The number of nitrogens with one attached hydrogen (secondary N) is 1. The lowest BCUT2D eigenvalue weighted by molar-refractivity contribution is -0.117. The van der Waals surface area contributed by atoms with Gasteiger partial charge < -0.3 is 15.8 Å². The zero-order valence-corrected chi connectivity index (χ0v) is 14.3. The number of halogens is 1. The summed E-state index contributed by atoms with van der Waals surface area (Å²) < 4.78 is 6.86. The van der Waals surface area contributed by atoms with E-state index in [0.717, 1.165) is 22.2 Å². The van der Waals surface area contributed by atoms with Gasteiger partial charge in [0, 0.05) is 16.4 Å². The molecule has 0 spiro atoms. The van der Waals surface area contributed by atoms with Crippen molar-refractivity contribution in [1.29, 1.82) is 0 Å². The predicted molar refractivity (Wildman–Crippen MR) is 93.3 cm³/mol. The van der Waals surface area contributed by atoms with Gasteiger partial charge in [0.25, 0.3) is 0 Å². The van der Waals surface area contributed by atoms with Crippen molar-refractivity contribution >= 4 is 21.8 Å². The zero-order valence-electron chi connectivity index (χ0n) is 12.7. The Morgan fingerprint density at radius 1 is 1.26 bits per heavy atom. The lowest BCUT2D eigenvalue weighted by Gasteiger charge is -2.08. The van der Waals surface area contributed by atoms with Crippen LogP contribution in [0.2, 0.25) is 0 Å². The van der Waals surface area contributed by atoms with Gasteiger partial charge in [0.1, 0.15) is 12.4 Å². The van der Waals surface area contributed by atoms with E-state index in [-0.39, 0.29) is 12.5 Å². The molecular weight excluding hydrogens is 356 g/mol. The standard InChI is InChI=1S/C18H19BrN2O2/c19-14-3-1-2-12(8-14)11-23-15-6-4-13(5-7-15)16-9-17(16)21-10-18(20)22/h1-8,16-17,21H,9-11H2,(H2,20,22). The van der Waals surface area contributed by atoms with E-state index >= 15 is 0 Å². The van der Waals surface area contributed by atoms with Gasteiger partial charge >= 0.3 is 0 Å². The molecule has 0 radical (unpaired) electrons. The number of rotatable bonds is 7. The zero-order chi connectivity index (χ0) is 16.2. The lowest BCUT2D eigenvalue weighted by Crippen LogP contribution is -2.30. The van der Waals surface area contributed by atoms with Gasteiger partial charge in [0.05, 0.1) is 6.54 Å². The van der Waals surface area contributed by atoms with Gasteiger partial charge in [-0.15, -0.1) is 0 Å². The molecule has 3 rings (SSSR count). The molecule has 2 aromatic rings. The smallest absolute Gasteiger partial charge is 0.231 e. The molecule has 2 atom stereocenters. The van der Waals surface area contributed by atoms with Gasteiger partial charge in [-0.25, -0.2) is 0 Å². The predicted octanol–water partition coefficient (Wildman–Crippen LogP) is 2.96. The van der Waals surface area contributed by atoms with Crippen LogP contribution in [0.3, 0.4) is 0 Å². The molecule has 1 aliphatic carbocycles. The highest BCUT2D eigenvalue weighted by atomic mass is 79.9. The number of hydrogen-bond donors (Lipinski definition) is 2. The van der Waals surface area contributed by atoms with E-state index in [2.05, 4.69) is 33.4 Å². The van der Waals surface area contributed by atoms with Gasteiger partial charge in [0.2, 0.25) is 5.91 Å². The van der Waals surface area contributed by atoms with Gasteiger partial charge in [-0.05, 0) is 41.8 Å². The maximum atomic E-state index is 10.8. The Hall–Kier alpha value is -1.85. The highest BCUT2D eigenvalue weighted by Gasteiger charge is 2.37. The van der Waals surface area contributed by atoms with Crippen molar-refractivity contribution in [2.75, 3.05) is 6.54 Å². The molecule has 120 valence electrons. The van der Waals surface area contributed by atoms with Crippen molar-refractivity contribution in [2.45, 2.75) is 25.0 Å². The lowest BCUT2D eigenvalue weighted by atomic mass is 10.1. The van der Waals surface area contributed by atoms with Gasteiger partial charge in [-0.3, -0.25) is 4.79 Å². The summed E-state index contributed by atoms with van der Waals surface area (Å²) in [5.41, 5.74) is 7.53. The summed E-state index contributed by atoms with van der Waals surface area (Å²) in [6, 6.07) is 16.6. The summed E-state index contributed by atoms with van der Waals surface area (Å²) in [7, 11) is 0. The first-order chi connectivity index (χ1) is 11.1. The van der Waals surface area contributed by atoms with E-state index in [9.17, 15) is 4.79 Å². The molecule has 1 amide bonds. The molecule has 3 N–H and O–H groups in total. The normalized spacial score (nSPS) is 19.3.